The van der Waals surface area contributed by atoms with Crippen molar-refractivity contribution in [2.24, 2.45) is 0 Å². The minimum atomic E-state index is -0.406. The van der Waals surface area contributed by atoms with Crippen molar-refractivity contribution in [3.63, 3.8) is 0 Å². The van der Waals surface area contributed by atoms with Crippen molar-refractivity contribution in [2.75, 3.05) is 0 Å². The van der Waals surface area contributed by atoms with Gasteiger partial charge in [0.2, 0.25) is 5.91 Å². The zero-order chi connectivity index (χ0) is 20.2. The molecule has 27 heavy (non-hydrogen) atoms. The molecule has 1 atom stereocenters. The summed E-state index contributed by atoms with van der Waals surface area (Å²) >= 11 is 5.24. The zero-order valence-electron chi connectivity index (χ0n) is 16.5. The van der Waals surface area contributed by atoms with Gasteiger partial charge in [-0.2, -0.15) is 0 Å². The molecule has 0 spiro atoms. The maximum Gasteiger partial charge on any atom is 0.257 e. The Kier molecular flexibility index (Phi) is 6.21. The van der Waals surface area contributed by atoms with Crippen LogP contribution in [0.2, 0.25) is 0 Å². The zero-order valence-corrected chi connectivity index (χ0v) is 17.3. The van der Waals surface area contributed by atoms with Crippen LogP contribution in [0.3, 0.4) is 0 Å². The summed E-state index contributed by atoms with van der Waals surface area (Å²) in [5.74, 6) is -0.330. The highest BCUT2D eigenvalue weighted by Crippen LogP contribution is 2.22. The normalized spacial score (nSPS) is 19.1. The Bertz CT molecular complexity index is 804. The fourth-order valence-electron chi connectivity index (χ4n) is 2.78. The van der Waals surface area contributed by atoms with Gasteiger partial charge in [-0.05, 0) is 54.7 Å². The largest absolute Gasteiger partial charge is 0.347 e. The predicted octanol–water partition coefficient (Wildman–Crippen LogP) is 3.33. The van der Waals surface area contributed by atoms with E-state index in [2.05, 4.69) is 36.7 Å². The molecule has 5 nitrogen and oxygen atoms in total. The molecule has 1 unspecified atom stereocenters. The van der Waals surface area contributed by atoms with Gasteiger partial charge in [-0.1, -0.05) is 45.1 Å². The smallest absolute Gasteiger partial charge is 0.257 e. The molecule has 0 bridgehead atoms. The van der Waals surface area contributed by atoms with E-state index in [0.717, 1.165) is 5.70 Å². The first-order chi connectivity index (χ1) is 12.5. The molecule has 0 aromatic heterocycles. The summed E-state index contributed by atoms with van der Waals surface area (Å²) in [4.78, 5) is 23.6. The number of benzene rings is 1. The van der Waals surface area contributed by atoms with Gasteiger partial charge in [-0.3, -0.25) is 14.9 Å². The molecule has 0 saturated carbocycles. The lowest BCUT2D eigenvalue weighted by atomic mass is 9.87. The van der Waals surface area contributed by atoms with E-state index in [0.29, 0.717) is 12.0 Å². The third-order valence-corrected chi connectivity index (χ3v) is 4.54. The van der Waals surface area contributed by atoms with Crippen LogP contribution in [0, 0.1) is 0 Å². The Balaban J connectivity index is 1.92. The first-order valence-corrected chi connectivity index (χ1v) is 9.30. The molecule has 1 aromatic rings. The minimum Gasteiger partial charge on any atom is -0.347 e. The minimum absolute atomic E-state index is 0.0391. The van der Waals surface area contributed by atoms with Gasteiger partial charge in [-0.15, -0.1) is 0 Å². The van der Waals surface area contributed by atoms with Crippen LogP contribution in [-0.4, -0.2) is 22.5 Å². The van der Waals surface area contributed by atoms with Crippen molar-refractivity contribution in [1.82, 2.24) is 16.0 Å². The Morgan fingerprint density at radius 3 is 2.26 bits per heavy atom. The van der Waals surface area contributed by atoms with E-state index < -0.39 is 5.54 Å². The SMILES string of the molecule is CC(=O)NC1(C)C=CC(NC(=S)NC(=O)c2ccc(C(C)(C)C)cc2)=CC1. The summed E-state index contributed by atoms with van der Waals surface area (Å²) in [5.41, 5.74) is 2.14. The molecule has 2 amide bonds. The molecule has 0 heterocycles. The molecule has 0 saturated heterocycles. The molecule has 1 aliphatic rings. The van der Waals surface area contributed by atoms with Gasteiger partial charge >= 0.3 is 0 Å². The van der Waals surface area contributed by atoms with E-state index in [4.69, 9.17) is 12.2 Å². The molecule has 0 radical (unpaired) electrons. The van der Waals surface area contributed by atoms with E-state index in [9.17, 15) is 9.59 Å². The molecule has 2 rings (SSSR count). The second-order valence-corrected chi connectivity index (χ2v) is 8.44. The van der Waals surface area contributed by atoms with Crippen LogP contribution in [0.25, 0.3) is 0 Å². The van der Waals surface area contributed by atoms with E-state index in [-0.39, 0.29) is 22.3 Å². The lowest BCUT2D eigenvalue weighted by Crippen LogP contribution is -2.45. The quantitative estimate of drug-likeness (QED) is 0.698. The number of amides is 2. The molecule has 3 N–H and O–H groups in total. The highest BCUT2D eigenvalue weighted by atomic mass is 32.1. The Morgan fingerprint density at radius 2 is 1.78 bits per heavy atom. The monoisotopic (exact) mass is 385 g/mol. The van der Waals surface area contributed by atoms with E-state index >= 15 is 0 Å². The second kappa shape index (κ2) is 8.05. The van der Waals surface area contributed by atoms with Crippen LogP contribution >= 0.6 is 12.2 Å². The summed E-state index contributed by atoms with van der Waals surface area (Å²) in [6.45, 7) is 9.82. The van der Waals surface area contributed by atoms with Gasteiger partial charge in [-0.25, -0.2) is 0 Å². The number of allylic oxidation sites excluding steroid dienone is 1. The second-order valence-electron chi connectivity index (χ2n) is 8.03. The van der Waals surface area contributed by atoms with Crippen LogP contribution in [0.15, 0.2) is 48.2 Å². The number of rotatable bonds is 3. The number of hydrogen-bond acceptors (Lipinski definition) is 3. The maximum absolute atomic E-state index is 12.4. The predicted molar refractivity (Wildman–Crippen MR) is 112 cm³/mol. The fraction of sp³-hybridized carbons (Fsp3) is 0.381. The molecule has 0 aliphatic heterocycles. The third-order valence-electron chi connectivity index (χ3n) is 4.34. The Hall–Kier alpha value is -2.47. The molecular weight excluding hydrogens is 358 g/mol. The van der Waals surface area contributed by atoms with Gasteiger partial charge in [0.05, 0.1) is 5.54 Å². The van der Waals surface area contributed by atoms with Crippen molar-refractivity contribution in [3.05, 3.63) is 59.3 Å². The molecule has 1 aliphatic carbocycles. The molecule has 6 heteroatoms. The highest BCUT2D eigenvalue weighted by Gasteiger charge is 2.23. The van der Waals surface area contributed by atoms with E-state index in [1.54, 1.807) is 12.1 Å². The third kappa shape index (κ3) is 6.03. The molecule has 1 aromatic carbocycles. The van der Waals surface area contributed by atoms with Gasteiger partial charge in [0.25, 0.3) is 5.91 Å². The topological polar surface area (TPSA) is 70.2 Å². The van der Waals surface area contributed by atoms with Crippen molar-refractivity contribution < 1.29 is 9.59 Å². The lowest BCUT2D eigenvalue weighted by molar-refractivity contribution is -0.120. The number of nitrogens with one attached hydrogen (secondary N) is 3. The summed E-state index contributed by atoms with van der Waals surface area (Å²) in [7, 11) is 0. The Labute approximate surface area is 166 Å². The van der Waals surface area contributed by atoms with E-state index in [1.165, 1.54) is 12.5 Å². The number of carbonyl (C=O) groups excluding carboxylic acids is 2. The van der Waals surface area contributed by atoms with Gasteiger partial charge < -0.3 is 10.6 Å². The molecule has 144 valence electrons. The first kappa shape index (κ1) is 20.8. The maximum atomic E-state index is 12.4. The number of hydrogen-bond donors (Lipinski definition) is 3. The van der Waals surface area contributed by atoms with Crippen LogP contribution in [0.5, 0.6) is 0 Å². The van der Waals surface area contributed by atoms with Crippen LogP contribution in [-0.2, 0) is 10.2 Å². The van der Waals surface area contributed by atoms with Gasteiger partial charge in [0, 0.05) is 18.2 Å². The standard InChI is InChI=1S/C21H27N3O2S/c1-14(25)24-21(5)12-10-17(11-13-21)22-19(27)23-18(26)15-6-8-16(9-7-15)20(2,3)4/h6-12H,13H2,1-5H3,(H,24,25)(H2,22,23,26,27). The van der Waals surface area contributed by atoms with Gasteiger partial charge in [0.15, 0.2) is 5.11 Å². The van der Waals surface area contributed by atoms with Crippen molar-refractivity contribution in [1.29, 1.82) is 0 Å². The summed E-state index contributed by atoms with van der Waals surface area (Å²) in [6.07, 6.45) is 6.32. The van der Waals surface area contributed by atoms with Crippen molar-refractivity contribution >= 4 is 29.1 Å². The van der Waals surface area contributed by atoms with Crippen molar-refractivity contribution in [3.8, 4) is 0 Å². The van der Waals surface area contributed by atoms with Crippen LogP contribution in [0.4, 0.5) is 0 Å². The average molecular weight is 386 g/mol. The Morgan fingerprint density at radius 1 is 1.15 bits per heavy atom. The number of thiocarbonyl (C=S) groups is 1. The summed E-state index contributed by atoms with van der Waals surface area (Å²) < 4.78 is 0. The van der Waals surface area contributed by atoms with Crippen LogP contribution < -0.4 is 16.0 Å². The summed E-state index contributed by atoms with van der Waals surface area (Å²) in [5, 5.41) is 8.83. The van der Waals surface area contributed by atoms with Crippen LogP contribution in [0.1, 0.15) is 57.0 Å². The highest BCUT2D eigenvalue weighted by molar-refractivity contribution is 7.80. The average Bonchev–Trinajstić information content (AvgIpc) is 2.55. The molecule has 0 fully saturated rings. The molecular formula is C21H27N3O2S. The van der Waals surface area contributed by atoms with Gasteiger partial charge in [0.1, 0.15) is 0 Å². The summed E-state index contributed by atoms with van der Waals surface area (Å²) in [6, 6.07) is 7.52. The van der Waals surface area contributed by atoms with Crippen molar-refractivity contribution in [2.45, 2.75) is 52.0 Å². The van der Waals surface area contributed by atoms with E-state index in [1.807, 2.05) is 37.3 Å². The lowest BCUT2D eigenvalue weighted by Gasteiger charge is -2.29. The number of carbonyl (C=O) groups is 2. The first-order valence-electron chi connectivity index (χ1n) is 8.89. The fourth-order valence-corrected chi connectivity index (χ4v) is 2.99.